The Labute approximate surface area is 179 Å². The first-order chi connectivity index (χ1) is 14.1. The van der Waals surface area contributed by atoms with E-state index in [9.17, 15) is 14.5 Å². The van der Waals surface area contributed by atoms with Crippen LogP contribution in [0.2, 0.25) is 0 Å². The summed E-state index contributed by atoms with van der Waals surface area (Å²) in [5.41, 5.74) is 5.11. The smallest absolute Gasteiger partial charge is 0.243 e. The van der Waals surface area contributed by atoms with Crippen LogP contribution in [0.1, 0.15) is 54.1 Å². The average molecular weight is 419 g/mol. The van der Waals surface area contributed by atoms with Crippen molar-refractivity contribution in [2.75, 3.05) is 0 Å². The van der Waals surface area contributed by atoms with E-state index < -0.39 is 18.5 Å². The lowest BCUT2D eigenvalue weighted by molar-refractivity contribution is 0.103. The molecule has 0 radical (unpaired) electrons. The summed E-state index contributed by atoms with van der Waals surface area (Å²) in [6.45, 7) is 11.4. The molecule has 154 valence electrons. The Bertz CT molecular complexity index is 1030. The molecule has 0 saturated heterocycles. The number of aryl methyl sites for hydroxylation is 6. The van der Waals surface area contributed by atoms with Crippen LogP contribution >= 0.6 is 7.49 Å². The Balaban J connectivity index is 2.29. The molecule has 0 spiro atoms. The van der Waals surface area contributed by atoms with Crippen molar-refractivity contribution in [3.63, 3.8) is 0 Å². The second kappa shape index (κ2) is 8.26. The Morgan fingerprint density at radius 2 is 0.967 bits per heavy atom. The van der Waals surface area contributed by atoms with Gasteiger partial charge in [-0.1, -0.05) is 53.6 Å². The number of hydrogen-bond acceptors (Lipinski definition) is 3. The molecule has 30 heavy (non-hydrogen) atoms. The van der Waals surface area contributed by atoms with E-state index in [-0.39, 0.29) is 0 Å². The summed E-state index contributed by atoms with van der Waals surface area (Å²) in [7, 11) is -3.86. The van der Waals surface area contributed by atoms with E-state index in [2.05, 4.69) is 0 Å². The zero-order valence-corrected chi connectivity index (χ0v) is 19.3. The summed E-state index contributed by atoms with van der Waals surface area (Å²) in [5, 5.41) is 0.388. The summed E-state index contributed by atoms with van der Waals surface area (Å²) in [4.78, 5) is 39.8. The molecule has 0 aromatic heterocycles. The Morgan fingerprint density at radius 1 is 0.633 bits per heavy atom. The SMILES string of the molecule is Cc1cc(C)c(C(=O)[P+](O)(C(=O)c2c(C)cc(C)cc2C)c2ccccc2)c(C)c1. The Hall–Kier alpha value is -2.61. The molecule has 3 rings (SSSR count). The standard InChI is InChI=1S/C26H28O3P/c1-16-12-18(3)23(19(4)13-16)25(27)30(29,22-10-8-7-9-11-22)26(28)24-20(5)14-17(2)15-21(24)6/h7-15,29H,1-6H3/q+1. The maximum Gasteiger partial charge on any atom is 0.341 e. The van der Waals surface area contributed by atoms with Gasteiger partial charge in [0.25, 0.3) is 0 Å². The zero-order valence-electron chi connectivity index (χ0n) is 18.4. The molecule has 0 unspecified atom stereocenters. The minimum Gasteiger partial charge on any atom is -0.243 e. The van der Waals surface area contributed by atoms with Crippen LogP contribution in [0.3, 0.4) is 0 Å². The fraction of sp³-hybridized carbons (Fsp3) is 0.231. The highest BCUT2D eigenvalue weighted by Gasteiger charge is 2.58. The highest BCUT2D eigenvalue weighted by atomic mass is 31.2. The molecule has 0 aliphatic carbocycles. The third-order valence-corrected chi connectivity index (χ3v) is 8.17. The fourth-order valence-corrected chi connectivity index (χ4v) is 6.94. The lowest BCUT2D eigenvalue weighted by Gasteiger charge is -2.20. The third-order valence-electron chi connectivity index (χ3n) is 5.50. The van der Waals surface area contributed by atoms with Gasteiger partial charge in [-0.05, 0) is 75.9 Å². The van der Waals surface area contributed by atoms with Crippen molar-refractivity contribution in [1.82, 2.24) is 0 Å². The van der Waals surface area contributed by atoms with Gasteiger partial charge in [0, 0.05) is 0 Å². The van der Waals surface area contributed by atoms with Gasteiger partial charge in [-0.3, -0.25) is 0 Å². The summed E-state index contributed by atoms with van der Waals surface area (Å²) < 4.78 is 0. The monoisotopic (exact) mass is 419 g/mol. The molecule has 0 bridgehead atoms. The molecule has 0 aliphatic rings. The number of carbonyl (C=O) groups is 2. The molecule has 3 nitrogen and oxygen atoms in total. The van der Waals surface area contributed by atoms with Gasteiger partial charge in [-0.25, -0.2) is 14.5 Å². The largest absolute Gasteiger partial charge is 0.341 e. The molecular weight excluding hydrogens is 391 g/mol. The highest BCUT2D eigenvalue weighted by molar-refractivity contribution is 8.06. The van der Waals surface area contributed by atoms with Crippen LogP contribution in [-0.4, -0.2) is 15.9 Å². The van der Waals surface area contributed by atoms with Gasteiger partial charge in [0.05, 0.1) is 11.1 Å². The quantitative estimate of drug-likeness (QED) is 0.534. The topological polar surface area (TPSA) is 54.4 Å². The molecule has 0 heterocycles. The van der Waals surface area contributed by atoms with E-state index in [0.29, 0.717) is 16.4 Å². The van der Waals surface area contributed by atoms with Crippen LogP contribution in [0, 0.1) is 41.5 Å². The minimum atomic E-state index is -3.86. The predicted octanol–water partition coefficient (Wildman–Crippen LogP) is 5.77. The van der Waals surface area contributed by atoms with Crippen molar-refractivity contribution in [2.45, 2.75) is 41.5 Å². The number of benzene rings is 3. The molecule has 0 atom stereocenters. The predicted molar refractivity (Wildman–Crippen MR) is 125 cm³/mol. The molecule has 0 aliphatic heterocycles. The molecule has 0 amide bonds. The van der Waals surface area contributed by atoms with E-state index in [1.165, 1.54) is 0 Å². The van der Waals surface area contributed by atoms with Crippen LogP contribution in [0.4, 0.5) is 0 Å². The number of rotatable bonds is 5. The van der Waals surface area contributed by atoms with E-state index in [4.69, 9.17) is 0 Å². The summed E-state index contributed by atoms with van der Waals surface area (Å²) in [6, 6.07) is 16.4. The Morgan fingerprint density at radius 3 is 1.30 bits per heavy atom. The van der Waals surface area contributed by atoms with Crippen LogP contribution in [0.25, 0.3) is 0 Å². The normalized spacial score (nSPS) is 11.4. The maximum absolute atomic E-state index is 13.9. The van der Waals surface area contributed by atoms with Gasteiger partial charge in [0.1, 0.15) is 5.30 Å². The fourth-order valence-electron chi connectivity index (χ4n) is 4.33. The van der Waals surface area contributed by atoms with E-state index in [1.54, 1.807) is 24.3 Å². The van der Waals surface area contributed by atoms with E-state index in [0.717, 1.165) is 33.4 Å². The van der Waals surface area contributed by atoms with Crippen molar-refractivity contribution in [3.8, 4) is 0 Å². The molecule has 4 heteroatoms. The van der Waals surface area contributed by atoms with Gasteiger partial charge >= 0.3 is 18.5 Å². The lowest BCUT2D eigenvalue weighted by Crippen LogP contribution is -2.28. The Kier molecular flexibility index (Phi) is 6.08. The molecular formula is C26H28O3P+. The van der Waals surface area contributed by atoms with Crippen molar-refractivity contribution in [1.29, 1.82) is 0 Å². The third kappa shape index (κ3) is 3.76. The second-order valence-corrected chi connectivity index (χ2v) is 10.7. The second-order valence-electron chi connectivity index (χ2n) is 8.13. The van der Waals surface area contributed by atoms with Crippen molar-refractivity contribution in [2.24, 2.45) is 0 Å². The number of hydrogen-bond donors (Lipinski definition) is 1. The van der Waals surface area contributed by atoms with Gasteiger partial charge < -0.3 is 0 Å². The first kappa shape index (κ1) is 22.1. The van der Waals surface area contributed by atoms with E-state index in [1.807, 2.05) is 71.9 Å². The molecule has 3 aromatic carbocycles. The van der Waals surface area contributed by atoms with Crippen LogP contribution in [-0.2, 0) is 0 Å². The van der Waals surface area contributed by atoms with Crippen molar-refractivity contribution >= 4 is 23.8 Å². The maximum atomic E-state index is 13.9. The van der Waals surface area contributed by atoms with Crippen molar-refractivity contribution in [3.05, 3.63) is 99.1 Å². The van der Waals surface area contributed by atoms with Gasteiger partial charge in [-0.15, -0.1) is 0 Å². The summed E-state index contributed by atoms with van der Waals surface area (Å²) >= 11 is 0. The van der Waals surface area contributed by atoms with E-state index >= 15 is 0 Å². The van der Waals surface area contributed by atoms with Crippen molar-refractivity contribution < 1.29 is 14.5 Å². The van der Waals surface area contributed by atoms with Crippen LogP contribution < -0.4 is 5.30 Å². The molecule has 0 saturated carbocycles. The zero-order chi connectivity index (χ0) is 22.2. The summed E-state index contributed by atoms with van der Waals surface area (Å²) in [6.07, 6.45) is 0. The summed E-state index contributed by atoms with van der Waals surface area (Å²) in [5.74, 6) is 0. The lowest BCUT2D eigenvalue weighted by atomic mass is 10.0. The molecule has 3 aromatic rings. The average Bonchev–Trinajstić information content (AvgIpc) is 2.66. The van der Waals surface area contributed by atoms with Gasteiger partial charge in [0.15, 0.2) is 0 Å². The minimum absolute atomic E-state index is 0.388. The molecule has 1 N–H and O–H groups in total. The first-order valence-corrected chi connectivity index (χ1v) is 11.7. The van der Waals surface area contributed by atoms with Crippen LogP contribution in [0.15, 0.2) is 54.6 Å². The number of carbonyl (C=O) groups excluding carboxylic acids is 2. The first-order valence-electron chi connectivity index (χ1n) is 10.00. The highest BCUT2D eigenvalue weighted by Crippen LogP contribution is 2.59. The van der Waals surface area contributed by atoms with Gasteiger partial charge in [0.2, 0.25) is 0 Å². The molecule has 0 fully saturated rings. The van der Waals surface area contributed by atoms with Crippen LogP contribution in [0.5, 0.6) is 0 Å². The van der Waals surface area contributed by atoms with Gasteiger partial charge in [-0.2, -0.15) is 0 Å².